The Morgan fingerprint density at radius 1 is 1.16 bits per heavy atom. The highest BCUT2D eigenvalue weighted by Crippen LogP contribution is 2.35. The van der Waals surface area contributed by atoms with Crippen molar-refractivity contribution in [2.24, 2.45) is 0 Å². The van der Waals surface area contributed by atoms with E-state index >= 15 is 0 Å². The first-order valence-electron chi connectivity index (χ1n) is 9.74. The number of ether oxygens (including phenoxy) is 1. The van der Waals surface area contributed by atoms with E-state index in [1.54, 1.807) is 11.9 Å². The highest BCUT2D eigenvalue weighted by atomic mass is 79.9. The lowest BCUT2D eigenvalue weighted by Crippen LogP contribution is -2.43. The zero-order chi connectivity index (χ0) is 21.9. The fraction of sp³-hybridized carbons (Fsp3) is 0.273. The highest BCUT2D eigenvalue weighted by Gasteiger charge is 2.34. The van der Waals surface area contributed by atoms with Gasteiger partial charge in [-0.1, -0.05) is 22.0 Å². The van der Waals surface area contributed by atoms with Crippen molar-refractivity contribution < 1.29 is 18.3 Å². The summed E-state index contributed by atoms with van der Waals surface area (Å²) in [7, 11) is 1.65. The summed E-state index contributed by atoms with van der Waals surface area (Å²) in [5, 5.41) is 0.336. The van der Waals surface area contributed by atoms with E-state index in [0.717, 1.165) is 27.7 Å². The molecule has 1 unspecified atom stereocenters. The topological polar surface area (TPSA) is 65.6 Å². The molecule has 0 saturated carbocycles. The number of H-pyrrole nitrogens is 1. The van der Waals surface area contributed by atoms with Crippen molar-refractivity contribution in [2.45, 2.75) is 25.7 Å². The number of amides is 2. The fourth-order valence-electron chi connectivity index (χ4n) is 4.40. The van der Waals surface area contributed by atoms with Gasteiger partial charge in [0.05, 0.1) is 24.6 Å². The third-order valence-corrected chi connectivity index (χ3v) is 6.46. The Kier molecular flexibility index (Phi) is 4.82. The van der Waals surface area contributed by atoms with Gasteiger partial charge in [0.2, 0.25) is 0 Å². The van der Waals surface area contributed by atoms with Gasteiger partial charge >= 0.3 is 6.03 Å². The van der Waals surface area contributed by atoms with Crippen molar-refractivity contribution >= 4 is 32.7 Å². The van der Waals surface area contributed by atoms with E-state index in [9.17, 15) is 18.4 Å². The molecule has 0 aliphatic carbocycles. The molecule has 5 rings (SSSR count). The minimum Gasteiger partial charge on any atom is -0.373 e. The molecule has 2 amide bonds. The minimum atomic E-state index is -1.09. The van der Waals surface area contributed by atoms with Gasteiger partial charge in [-0.25, -0.2) is 13.6 Å². The van der Waals surface area contributed by atoms with Crippen LogP contribution in [0.15, 0.2) is 39.6 Å². The zero-order valence-corrected chi connectivity index (χ0v) is 18.1. The van der Waals surface area contributed by atoms with Crippen LogP contribution < -0.4 is 5.56 Å². The molecule has 3 heterocycles. The van der Waals surface area contributed by atoms with Crippen LogP contribution in [0.3, 0.4) is 0 Å². The molecule has 0 fully saturated rings. The molecule has 0 saturated heterocycles. The van der Waals surface area contributed by atoms with Crippen molar-refractivity contribution in [3.63, 3.8) is 0 Å². The Bertz CT molecular complexity index is 1290. The number of halogens is 3. The molecule has 2 aliphatic rings. The summed E-state index contributed by atoms with van der Waals surface area (Å²) in [6.45, 7) is 1.27. The lowest BCUT2D eigenvalue weighted by molar-refractivity contribution is 0.0438. The number of nitrogens with one attached hydrogen (secondary N) is 1. The number of carbonyl (C=O) groups excluding carboxylic acids is 1. The van der Waals surface area contributed by atoms with E-state index < -0.39 is 23.2 Å². The van der Waals surface area contributed by atoms with Crippen LogP contribution >= 0.6 is 15.9 Å². The van der Waals surface area contributed by atoms with Crippen LogP contribution in [0, 0.1) is 11.6 Å². The SMILES string of the molecule is CN(C(=O)N1Cc2ccc(Br)cc2C1)C1COCc2[nH]c(=O)c3cc(F)c(F)cc3c21. The summed E-state index contributed by atoms with van der Waals surface area (Å²) < 4.78 is 34.4. The standard InChI is InChI=1S/C22H18BrF2N3O3/c1-27(22(30)28-7-11-2-3-13(23)4-12(11)8-28)19-10-31-9-18-20(19)14-5-16(24)17(25)6-15(14)21(29)26-18/h2-6,19H,7-10H2,1H3,(H,26,29). The molecule has 0 bridgehead atoms. The summed E-state index contributed by atoms with van der Waals surface area (Å²) in [4.78, 5) is 31.7. The van der Waals surface area contributed by atoms with Crippen LogP contribution in [0.25, 0.3) is 10.8 Å². The average molecular weight is 490 g/mol. The second kappa shape index (κ2) is 7.42. The third kappa shape index (κ3) is 3.32. The molecular weight excluding hydrogens is 472 g/mol. The number of fused-ring (bicyclic) bond motifs is 4. The van der Waals surface area contributed by atoms with Gasteiger partial charge in [-0.15, -0.1) is 0 Å². The zero-order valence-electron chi connectivity index (χ0n) is 16.5. The number of benzene rings is 2. The molecule has 9 heteroatoms. The van der Waals surface area contributed by atoms with Crippen LogP contribution in [-0.2, 0) is 24.4 Å². The smallest absolute Gasteiger partial charge is 0.320 e. The van der Waals surface area contributed by atoms with Crippen molar-refractivity contribution in [1.82, 2.24) is 14.8 Å². The quantitative estimate of drug-likeness (QED) is 0.556. The summed E-state index contributed by atoms with van der Waals surface area (Å²) in [6.07, 6.45) is 0. The normalized spacial score (nSPS) is 17.5. The Balaban J connectivity index is 1.53. The van der Waals surface area contributed by atoms with Crippen LogP contribution in [0.4, 0.5) is 13.6 Å². The molecule has 2 aliphatic heterocycles. The number of likely N-dealkylation sites (N-methyl/N-ethyl adjacent to an activating group) is 1. The predicted molar refractivity (Wildman–Crippen MR) is 113 cm³/mol. The number of hydrogen-bond acceptors (Lipinski definition) is 3. The molecule has 3 aromatic rings. The van der Waals surface area contributed by atoms with Gasteiger partial charge in [0, 0.05) is 35.9 Å². The van der Waals surface area contributed by atoms with Crippen molar-refractivity contribution in [3.8, 4) is 0 Å². The van der Waals surface area contributed by atoms with E-state index in [2.05, 4.69) is 20.9 Å². The molecule has 160 valence electrons. The van der Waals surface area contributed by atoms with Crippen LogP contribution in [-0.4, -0.2) is 34.5 Å². The van der Waals surface area contributed by atoms with Gasteiger partial charge in [-0.3, -0.25) is 4.79 Å². The average Bonchev–Trinajstić information content (AvgIpc) is 3.17. The number of pyridine rings is 1. The van der Waals surface area contributed by atoms with Gasteiger partial charge in [-0.2, -0.15) is 0 Å². The number of aromatic amines is 1. The summed E-state index contributed by atoms with van der Waals surface area (Å²) in [5.74, 6) is -2.13. The number of hydrogen-bond donors (Lipinski definition) is 1. The van der Waals surface area contributed by atoms with E-state index in [1.807, 2.05) is 18.2 Å². The lowest BCUT2D eigenvalue weighted by Gasteiger charge is -2.35. The second-order valence-electron chi connectivity index (χ2n) is 7.85. The molecular formula is C22H18BrF2N3O3. The number of nitrogens with zero attached hydrogens (tertiary/aromatic N) is 2. The number of aromatic nitrogens is 1. The molecule has 0 radical (unpaired) electrons. The molecule has 1 N–H and O–H groups in total. The first-order chi connectivity index (χ1) is 14.8. The number of urea groups is 1. The molecule has 1 aromatic heterocycles. The van der Waals surface area contributed by atoms with Crippen molar-refractivity contribution in [1.29, 1.82) is 0 Å². The van der Waals surface area contributed by atoms with E-state index in [-0.39, 0.29) is 24.6 Å². The highest BCUT2D eigenvalue weighted by molar-refractivity contribution is 9.10. The molecule has 6 nitrogen and oxygen atoms in total. The first kappa shape index (κ1) is 20.1. The maximum atomic E-state index is 14.1. The minimum absolute atomic E-state index is 0.0452. The summed E-state index contributed by atoms with van der Waals surface area (Å²) in [6, 6.07) is 7.08. The molecule has 0 spiro atoms. The number of carbonyl (C=O) groups is 1. The maximum Gasteiger partial charge on any atom is 0.320 e. The van der Waals surface area contributed by atoms with E-state index in [0.29, 0.717) is 29.7 Å². The van der Waals surface area contributed by atoms with Gasteiger partial charge < -0.3 is 19.5 Å². The number of rotatable bonds is 1. The fourth-order valence-corrected chi connectivity index (χ4v) is 4.81. The summed E-state index contributed by atoms with van der Waals surface area (Å²) in [5.41, 5.74) is 2.68. The Hall–Kier alpha value is -2.78. The monoisotopic (exact) mass is 489 g/mol. The van der Waals surface area contributed by atoms with Crippen LogP contribution in [0.1, 0.15) is 28.4 Å². The van der Waals surface area contributed by atoms with Gasteiger partial charge in [0.15, 0.2) is 11.6 Å². The maximum absolute atomic E-state index is 14.1. The Morgan fingerprint density at radius 2 is 1.87 bits per heavy atom. The third-order valence-electron chi connectivity index (χ3n) is 5.97. The Labute approximate surface area is 184 Å². The van der Waals surface area contributed by atoms with Gasteiger partial charge in [0.1, 0.15) is 0 Å². The molecule has 1 atom stereocenters. The second-order valence-corrected chi connectivity index (χ2v) is 8.77. The van der Waals surface area contributed by atoms with E-state index in [4.69, 9.17) is 4.74 Å². The summed E-state index contributed by atoms with van der Waals surface area (Å²) >= 11 is 3.45. The lowest BCUT2D eigenvalue weighted by atomic mass is 9.95. The van der Waals surface area contributed by atoms with Gasteiger partial charge in [0.25, 0.3) is 5.56 Å². The molecule has 31 heavy (non-hydrogen) atoms. The van der Waals surface area contributed by atoms with Crippen molar-refractivity contribution in [3.05, 3.63) is 79.2 Å². The predicted octanol–water partition coefficient (Wildman–Crippen LogP) is 4.21. The largest absolute Gasteiger partial charge is 0.373 e. The first-order valence-corrected chi connectivity index (χ1v) is 10.5. The Morgan fingerprint density at radius 3 is 2.65 bits per heavy atom. The van der Waals surface area contributed by atoms with E-state index in [1.165, 1.54) is 4.90 Å². The van der Waals surface area contributed by atoms with Crippen molar-refractivity contribution in [2.75, 3.05) is 13.7 Å². The van der Waals surface area contributed by atoms with Crippen LogP contribution in [0.2, 0.25) is 0 Å². The molecule has 2 aromatic carbocycles. The van der Waals surface area contributed by atoms with Gasteiger partial charge in [-0.05, 0) is 40.8 Å². The van der Waals surface area contributed by atoms with Crippen LogP contribution in [0.5, 0.6) is 0 Å².